The van der Waals surface area contributed by atoms with E-state index in [1.807, 2.05) is 0 Å². The van der Waals surface area contributed by atoms with Crippen molar-refractivity contribution in [3.63, 3.8) is 0 Å². The number of hydrogen-bond donors (Lipinski definition) is 1. The van der Waals surface area contributed by atoms with Crippen LogP contribution in [0.1, 0.15) is 5.56 Å². The van der Waals surface area contributed by atoms with Gasteiger partial charge in [0.2, 0.25) is 0 Å². The van der Waals surface area contributed by atoms with Crippen molar-refractivity contribution in [1.82, 2.24) is 10.2 Å². The molecule has 0 spiro atoms. The molecule has 2 fully saturated rings. The third-order valence-electron chi connectivity index (χ3n) is 5.33. The van der Waals surface area contributed by atoms with Crippen LogP contribution in [0.5, 0.6) is 5.75 Å². The number of aryl methyl sites for hydroxylation is 1. The number of sulfone groups is 2. The zero-order valence-corrected chi connectivity index (χ0v) is 17.9. The molecule has 0 radical (unpaired) electrons. The number of nitrogens with one attached hydrogen (secondary N) is 1. The molecule has 2 saturated heterocycles. The summed E-state index contributed by atoms with van der Waals surface area (Å²) in [5, 5.41) is 2.19. The van der Waals surface area contributed by atoms with Crippen molar-refractivity contribution in [1.29, 1.82) is 0 Å². The topological polar surface area (TPSA) is 102 Å². The van der Waals surface area contributed by atoms with Crippen LogP contribution in [0.15, 0.2) is 23.1 Å². The quantitative estimate of drug-likeness (QED) is 0.636. The summed E-state index contributed by atoms with van der Waals surface area (Å²) in [7, 11) is -5.68. The molecule has 1 aromatic carbocycles. The van der Waals surface area contributed by atoms with Gasteiger partial charge in [-0.2, -0.15) is 0 Å². The molecule has 0 bridgehead atoms. The molecule has 1 N–H and O–H groups in total. The Balaban J connectivity index is 1.74. The lowest BCUT2D eigenvalue weighted by Gasteiger charge is -2.27. The first-order chi connectivity index (χ1) is 13.2. The van der Waals surface area contributed by atoms with E-state index in [0.29, 0.717) is 31.1 Å². The van der Waals surface area contributed by atoms with Crippen molar-refractivity contribution in [2.24, 2.45) is 0 Å². The fourth-order valence-corrected chi connectivity index (χ4v) is 8.55. The molecule has 0 amide bonds. The van der Waals surface area contributed by atoms with Gasteiger partial charge in [0.25, 0.3) is 0 Å². The molecule has 10 heteroatoms. The number of morpholine rings is 1. The number of benzene rings is 1. The summed E-state index contributed by atoms with van der Waals surface area (Å²) in [6.45, 7) is 6.07. The van der Waals surface area contributed by atoms with Crippen LogP contribution < -0.4 is 10.1 Å². The lowest BCUT2D eigenvalue weighted by Crippen LogP contribution is -2.47. The van der Waals surface area contributed by atoms with E-state index < -0.39 is 31.0 Å². The summed E-state index contributed by atoms with van der Waals surface area (Å²) in [5.74, 6) is 0.0864. The predicted octanol–water partition coefficient (Wildman–Crippen LogP) is -0.135. The third-order valence-corrected chi connectivity index (χ3v) is 9.48. The Morgan fingerprint density at radius 2 is 1.96 bits per heavy atom. The second kappa shape index (κ2) is 8.66. The first kappa shape index (κ1) is 21.5. The molecule has 158 valence electrons. The van der Waals surface area contributed by atoms with Gasteiger partial charge in [-0.25, -0.2) is 16.8 Å². The lowest BCUT2D eigenvalue weighted by molar-refractivity contribution is 0.0382. The van der Waals surface area contributed by atoms with E-state index in [1.165, 1.54) is 13.2 Å². The van der Waals surface area contributed by atoms with Gasteiger partial charge in [0.1, 0.15) is 5.75 Å². The molecule has 2 aliphatic rings. The molecule has 2 heterocycles. The molecule has 0 aromatic heterocycles. The Kier molecular flexibility index (Phi) is 6.65. The maximum atomic E-state index is 13.2. The maximum Gasteiger partial charge on any atom is 0.183 e. The van der Waals surface area contributed by atoms with Crippen LogP contribution in [0, 0.1) is 6.92 Å². The van der Waals surface area contributed by atoms with E-state index in [9.17, 15) is 16.8 Å². The second-order valence-electron chi connectivity index (χ2n) is 7.31. The minimum absolute atomic E-state index is 0.132. The van der Waals surface area contributed by atoms with E-state index in [4.69, 9.17) is 9.47 Å². The highest BCUT2D eigenvalue weighted by atomic mass is 32.2. The van der Waals surface area contributed by atoms with Gasteiger partial charge in [-0.3, -0.25) is 4.90 Å². The Morgan fingerprint density at radius 1 is 1.25 bits per heavy atom. The number of ether oxygens (including phenoxy) is 2. The van der Waals surface area contributed by atoms with Gasteiger partial charge in [-0.15, -0.1) is 0 Å². The Labute approximate surface area is 167 Å². The first-order valence-corrected chi connectivity index (χ1v) is 12.7. The van der Waals surface area contributed by atoms with Gasteiger partial charge >= 0.3 is 0 Å². The van der Waals surface area contributed by atoms with Crippen molar-refractivity contribution in [3.05, 3.63) is 23.8 Å². The maximum absolute atomic E-state index is 13.2. The molecular formula is C18H28N2O6S2. The van der Waals surface area contributed by atoms with Crippen LogP contribution in [-0.4, -0.2) is 91.0 Å². The van der Waals surface area contributed by atoms with Crippen molar-refractivity contribution in [2.75, 3.05) is 58.0 Å². The van der Waals surface area contributed by atoms with E-state index in [0.717, 1.165) is 19.6 Å². The van der Waals surface area contributed by atoms with Crippen LogP contribution in [-0.2, 0) is 24.4 Å². The molecular weight excluding hydrogens is 404 g/mol. The average molecular weight is 433 g/mol. The highest BCUT2D eigenvalue weighted by Crippen LogP contribution is 2.29. The normalized spacial score (nSPS) is 25.6. The fraction of sp³-hybridized carbons (Fsp3) is 0.667. The van der Waals surface area contributed by atoms with Crippen LogP contribution in [0.2, 0.25) is 0 Å². The molecule has 0 aliphatic carbocycles. The Hall–Kier alpha value is -1.20. The zero-order valence-electron chi connectivity index (χ0n) is 16.3. The van der Waals surface area contributed by atoms with Crippen LogP contribution in [0.3, 0.4) is 0 Å². The second-order valence-corrected chi connectivity index (χ2v) is 11.6. The molecule has 1 aromatic rings. The predicted molar refractivity (Wildman–Crippen MR) is 106 cm³/mol. The van der Waals surface area contributed by atoms with Crippen molar-refractivity contribution >= 4 is 19.7 Å². The molecule has 3 rings (SSSR count). The molecule has 2 atom stereocenters. The molecule has 28 heavy (non-hydrogen) atoms. The Bertz CT molecular complexity index is 895. The summed E-state index contributed by atoms with van der Waals surface area (Å²) in [6.07, 6.45) is 0. The standard InChI is InChI=1S/C18H28N2O6S2/c1-14-11-15(3-4-17(14)25-2)28(23,24)18-13-27(21,22)12-16(18)19-5-6-20-7-9-26-10-8-20/h3-4,11,16,18-19H,5-10,12-13H2,1-2H3/t16-,18-/m0/s1. The monoisotopic (exact) mass is 432 g/mol. The molecule has 8 nitrogen and oxygen atoms in total. The average Bonchev–Trinajstić information content (AvgIpc) is 2.98. The van der Waals surface area contributed by atoms with Crippen molar-refractivity contribution in [2.45, 2.75) is 23.1 Å². The van der Waals surface area contributed by atoms with Crippen molar-refractivity contribution in [3.8, 4) is 5.75 Å². The number of methoxy groups -OCH3 is 1. The molecule has 0 saturated carbocycles. The van der Waals surface area contributed by atoms with Crippen LogP contribution >= 0.6 is 0 Å². The summed E-state index contributed by atoms with van der Waals surface area (Å²) in [6, 6.07) is 4.02. The summed E-state index contributed by atoms with van der Waals surface area (Å²) < 4.78 is 61.3. The number of nitrogens with zero attached hydrogens (tertiary/aromatic N) is 1. The molecule has 0 unspecified atom stereocenters. The van der Waals surface area contributed by atoms with Gasteiger partial charge in [0.05, 0.1) is 42.0 Å². The van der Waals surface area contributed by atoms with Gasteiger partial charge in [0, 0.05) is 32.2 Å². The Morgan fingerprint density at radius 3 is 2.61 bits per heavy atom. The van der Waals surface area contributed by atoms with Gasteiger partial charge in [-0.1, -0.05) is 0 Å². The van der Waals surface area contributed by atoms with E-state index in [2.05, 4.69) is 10.2 Å². The van der Waals surface area contributed by atoms with E-state index >= 15 is 0 Å². The third kappa shape index (κ3) is 4.85. The minimum Gasteiger partial charge on any atom is -0.496 e. The van der Waals surface area contributed by atoms with Crippen LogP contribution in [0.25, 0.3) is 0 Å². The smallest absolute Gasteiger partial charge is 0.183 e. The van der Waals surface area contributed by atoms with Crippen molar-refractivity contribution < 1.29 is 26.3 Å². The highest BCUT2D eigenvalue weighted by Gasteiger charge is 2.45. The SMILES string of the molecule is COc1ccc(S(=O)(=O)[C@H]2CS(=O)(=O)C[C@@H]2NCCN2CCOCC2)cc1C. The zero-order chi connectivity index (χ0) is 20.4. The largest absolute Gasteiger partial charge is 0.496 e. The van der Waals surface area contributed by atoms with Gasteiger partial charge in [0.15, 0.2) is 19.7 Å². The first-order valence-electron chi connectivity index (χ1n) is 9.35. The fourth-order valence-electron chi connectivity index (χ4n) is 3.75. The number of rotatable bonds is 7. The lowest BCUT2D eigenvalue weighted by atomic mass is 10.2. The number of hydrogen-bond acceptors (Lipinski definition) is 8. The highest BCUT2D eigenvalue weighted by molar-refractivity contribution is 7.96. The van der Waals surface area contributed by atoms with Gasteiger partial charge in [-0.05, 0) is 30.7 Å². The van der Waals surface area contributed by atoms with Gasteiger partial charge < -0.3 is 14.8 Å². The van der Waals surface area contributed by atoms with E-state index in [1.54, 1.807) is 19.1 Å². The van der Waals surface area contributed by atoms with E-state index in [-0.39, 0.29) is 16.4 Å². The summed E-state index contributed by atoms with van der Waals surface area (Å²) >= 11 is 0. The van der Waals surface area contributed by atoms with Crippen LogP contribution in [0.4, 0.5) is 0 Å². The minimum atomic E-state index is -3.79. The molecule has 2 aliphatic heterocycles. The summed E-state index contributed by atoms with van der Waals surface area (Å²) in [5.41, 5.74) is 0.696. The summed E-state index contributed by atoms with van der Waals surface area (Å²) in [4.78, 5) is 2.35.